The van der Waals surface area contributed by atoms with E-state index in [2.05, 4.69) is 4.72 Å². The number of Topliss-reactive ketones (excluding diaryl/α,β-unsaturated/α-hetero) is 1. The van der Waals surface area contributed by atoms with Crippen LogP contribution in [0.4, 0.5) is 0 Å². The fourth-order valence-electron chi connectivity index (χ4n) is 1.62. The molecular formula is C14H11Cl2NO3S. The third-order valence-electron chi connectivity index (χ3n) is 2.69. The van der Waals surface area contributed by atoms with Gasteiger partial charge in [-0.15, -0.1) is 0 Å². The molecule has 4 nitrogen and oxygen atoms in total. The minimum atomic E-state index is -3.75. The van der Waals surface area contributed by atoms with Crippen molar-refractivity contribution in [2.24, 2.45) is 0 Å². The van der Waals surface area contributed by atoms with Crippen LogP contribution in [0.2, 0.25) is 10.0 Å². The van der Waals surface area contributed by atoms with Crippen LogP contribution in [0.1, 0.15) is 10.4 Å². The van der Waals surface area contributed by atoms with Crippen molar-refractivity contribution < 1.29 is 13.2 Å². The average Bonchev–Trinajstić information content (AvgIpc) is 2.45. The van der Waals surface area contributed by atoms with Crippen LogP contribution in [0.25, 0.3) is 0 Å². The van der Waals surface area contributed by atoms with Gasteiger partial charge < -0.3 is 0 Å². The second-order valence-electron chi connectivity index (χ2n) is 4.21. The molecule has 0 aliphatic rings. The minimum Gasteiger partial charge on any atom is -0.293 e. The number of sulfonamides is 1. The number of ketones is 1. The molecule has 21 heavy (non-hydrogen) atoms. The lowest BCUT2D eigenvalue weighted by Gasteiger charge is -2.06. The molecule has 0 unspecified atom stereocenters. The van der Waals surface area contributed by atoms with Gasteiger partial charge in [-0.25, -0.2) is 13.1 Å². The van der Waals surface area contributed by atoms with Gasteiger partial charge in [-0.05, 0) is 36.4 Å². The van der Waals surface area contributed by atoms with E-state index in [1.54, 1.807) is 18.2 Å². The maximum absolute atomic E-state index is 12.0. The third-order valence-corrected chi connectivity index (χ3v) is 4.60. The van der Waals surface area contributed by atoms with Gasteiger partial charge in [0.05, 0.1) is 11.4 Å². The molecular weight excluding hydrogens is 333 g/mol. The molecule has 0 radical (unpaired) electrons. The van der Waals surface area contributed by atoms with Crippen molar-refractivity contribution in [2.45, 2.75) is 4.90 Å². The van der Waals surface area contributed by atoms with Gasteiger partial charge in [0.25, 0.3) is 0 Å². The fraction of sp³-hybridized carbons (Fsp3) is 0.0714. The first kappa shape index (κ1) is 16.0. The predicted octanol–water partition coefficient (Wildman–Crippen LogP) is 3.15. The summed E-state index contributed by atoms with van der Waals surface area (Å²) in [6.07, 6.45) is 0. The van der Waals surface area contributed by atoms with E-state index in [9.17, 15) is 13.2 Å². The standard InChI is InChI=1S/C14H11Cl2NO3S/c15-11-4-6-13(7-5-11)21(19,20)17-9-14(18)10-2-1-3-12(16)8-10/h1-8,17H,9H2. The van der Waals surface area contributed by atoms with E-state index in [4.69, 9.17) is 23.2 Å². The highest BCUT2D eigenvalue weighted by Gasteiger charge is 2.16. The number of benzene rings is 2. The Hall–Kier alpha value is -1.40. The Bertz CT molecular complexity index is 758. The number of hydrogen-bond acceptors (Lipinski definition) is 3. The van der Waals surface area contributed by atoms with Crippen LogP contribution in [-0.4, -0.2) is 20.7 Å². The summed E-state index contributed by atoms with van der Waals surface area (Å²) >= 11 is 11.5. The number of carbonyl (C=O) groups excluding carboxylic acids is 1. The molecule has 0 bridgehead atoms. The molecule has 0 amide bonds. The number of nitrogens with one attached hydrogen (secondary N) is 1. The third kappa shape index (κ3) is 4.28. The Morgan fingerprint density at radius 1 is 1.00 bits per heavy atom. The highest BCUT2D eigenvalue weighted by atomic mass is 35.5. The SMILES string of the molecule is O=C(CNS(=O)(=O)c1ccc(Cl)cc1)c1cccc(Cl)c1. The van der Waals surface area contributed by atoms with Crippen molar-refractivity contribution in [1.29, 1.82) is 0 Å². The molecule has 0 saturated carbocycles. The molecule has 1 N–H and O–H groups in total. The van der Waals surface area contributed by atoms with Gasteiger partial charge in [0.2, 0.25) is 10.0 Å². The van der Waals surface area contributed by atoms with Crippen LogP contribution >= 0.6 is 23.2 Å². The first-order valence-corrected chi connectivity index (χ1v) is 8.16. The zero-order valence-electron chi connectivity index (χ0n) is 10.7. The molecule has 110 valence electrons. The van der Waals surface area contributed by atoms with Gasteiger partial charge in [-0.3, -0.25) is 4.79 Å². The lowest BCUT2D eigenvalue weighted by atomic mass is 10.1. The number of rotatable bonds is 5. The zero-order chi connectivity index (χ0) is 15.5. The minimum absolute atomic E-state index is 0.0470. The molecule has 0 fully saturated rings. The highest BCUT2D eigenvalue weighted by Crippen LogP contribution is 2.14. The molecule has 2 aromatic carbocycles. The topological polar surface area (TPSA) is 63.2 Å². The first-order chi connectivity index (χ1) is 9.88. The molecule has 0 aliphatic carbocycles. The first-order valence-electron chi connectivity index (χ1n) is 5.92. The van der Waals surface area contributed by atoms with Crippen LogP contribution in [0.3, 0.4) is 0 Å². The van der Waals surface area contributed by atoms with E-state index in [1.807, 2.05) is 0 Å². The Morgan fingerprint density at radius 3 is 2.29 bits per heavy atom. The summed E-state index contributed by atoms with van der Waals surface area (Å²) in [6.45, 7) is -0.342. The zero-order valence-corrected chi connectivity index (χ0v) is 13.0. The quantitative estimate of drug-likeness (QED) is 0.848. The van der Waals surface area contributed by atoms with Crippen LogP contribution in [0.15, 0.2) is 53.4 Å². The van der Waals surface area contributed by atoms with Crippen molar-refractivity contribution in [3.05, 3.63) is 64.1 Å². The number of carbonyl (C=O) groups is 1. The van der Waals surface area contributed by atoms with Crippen molar-refractivity contribution in [1.82, 2.24) is 4.72 Å². The Morgan fingerprint density at radius 2 is 1.67 bits per heavy atom. The Kier molecular flexibility index (Phi) is 5.00. The summed E-state index contributed by atoms with van der Waals surface area (Å²) < 4.78 is 26.3. The number of hydrogen-bond donors (Lipinski definition) is 1. The summed E-state index contributed by atoms with van der Waals surface area (Å²) in [6, 6.07) is 12.0. The van der Waals surface area contributed by atoms with Crippen molar-refractivity contribution >= 4 is 39.0 Å². The lowest BCUT2D eigenvalue weighted by molar-refractivity contribution is 0.0997. The van der Waals surface area contributed by atoms with Gasteiger partial charge in [0.15, 0.2) is 5.78 Å². The molecule has 0 heterocycles. The molecule has 0 saturated heterocycles. The summed E-state index contributed by atoms with van der Waals surface area (Å²) in [5.74, 6) is -0.366. The second kappa shape index (κ2) is 6.58. The van der Waals surface area contributed by atoms with Crippen molar-refractivity contribution in [3.8, 4) is 0 Å². The van der Waals surface area contributed by atoms with Crippen LogP contribution in [0, 0.1) is 0 Å². The summed E-state index contributed by atoms with van der Waals surface area (Å²) in [4.78, 5) is 12.0. The average molecular weight is 344 g/mol. The van der Waals surface area contributed by atoms with Gasteiger partial charge in [-0.1, -0.05) is 35.3 Å². The van der Waals surface area contributed by atoms with Gasteiger partial charge in [0, 0.05) is 15.6 Å². The number of halogens is 2. The maximum Gasteiger partial charge on any atom is 0.240 e. The van der Waals surface area contributed by atoms with Crippen LogP contribution < -0.4 is 4.72 Å². The molecule has 7 heteroatoms. The van der Waals surface area contributed by atoms with Crippen molar-refractivity contribution in [3.63, 3.8) is 0 Å². The monoisotopic (exact) mass is 343 g/mol. The Labute approximate surface area is 132 Å². The molecule has 0 aromatic heterocycles. The summed E-state index contributed by atoms with van der Waals surface area (Å²) in [5, 5.41) is 0.852. The van der Waals surface area contributed by atoms with E-state index in [-0.39, 0.29) is 17.2 Å². The van der Waals surface area contributed by atoms with Crippen LogP contribution in [0.5, 0.6) is 0 Å². The van der Waals surface area contributed by atoms with Gasteiger partial charge >= 0.3 is 0 Å². The van der Waals surface area contributed by atoms with E-state index in [0.717, 1.165) is 0 Å². The highest BCUT2D eigenvalue weighted by molar-refractivity contribution is 7.89. The normalized spacial score (nSPS) is 11.3. The van der Waals surface area contributed by atoms with E-state index in [1.165, 1.54) is 30.3 Å². The molecule has 0 spiro atoms. The second-order valence-corrected chi connectivity index (χ2v) is 6.85. The smallest absolute Gasteiger partial charge is 0.240 e. The summed E-state index contributed by atoms with van der Waals surface area (Å²) in [5.41, 5.74) is 0.348. The van der Waals surface area contributed by atoms with Crippen molar-refractivity contribution in [2.75, 3.05) is 6.54 Å². The van der Waals surface area contributed by atoms with E-state index < -0.39 is 10.0 Å². The van der Waals surface area contributed by atoms with Gasteiger partial charge in [-0.2, -0.15) is 0 Å². The lowest BCUT2D eigenvalue weighted by Crippen LogP contribution is -2.29. The fourth-order valence-corrected chi connectivity index (χ4v) is 2.92. The summed E-state index contributed by atoms with van der Waals surface area (Å²) in [7, 11) is -3.75. The van der Waals surface area contributed by atoms with Crippen LogP contribution in [-0.2, 0) is 10.0 Å². The maximum atomic E-state index is 12.0. The molecule has 0 atom stereocenters. The molecule has 2 rings (SSSR count). The van der Waals surface area contributed by atoms with Gasteiger partial charge in [0.1, 0.15) is 0 Å². The van der Waals surface area contributed by atoms with E-state index in [0.29, 0.717) is 15.6 Å². The van der Waals surface area contributed by atoms with E-state index >= 15 is 0 Å². The Balaban J connectivity index is 2.08. The molecule has 2 aromatic rings. The largest absolute Gasteiger partial charge is 0.293 e. The molecule has 0 aliphatic heterocycles. The predicted molar refractivity (Wildman–Crippen MR) is 82.4 cm³/mol.